The van der Waals surface area contributed by atoms with Crippen LogP contribution < -0.4 is 4.90 Å². The van der Waals surface area contributed by atoms with Gasteiger partial charge in [-0.05, 0) is 37.8 Å². The zero-order chi connectivity index (χ0) is 12.4. The maximum atomic E-state index is 4.37. The number of pyridine rings is 1. The third kappa shape index (κ3) is 2.14. The number of piperidine rings is 1. The van der Waals surface area contributed by atoms with E-state index in [9.17, 15) is 0 Å². The minimum atomic E-state index is 0.658. The molecule has 0 bridgehead atoms. The van der Waals surface area contributed by atoms with Gasteiger partial charge in [-0.1, -0.05) is 22.0 Å². The van der Waals surface area contributed by atoms with Crippen molar-refractivity contribution >= 4 is 27.4 Å². The SMILES string of the molecule is BrCCC1CCCCN1c1cccc2nccn12. The second kappa shape index (κ2) is 5.31. The molecule has 0 N–H and O–H groups in total. The van der Waals surface area contributed by atoms with Crippen molar-refractivity contribution in [2.45, 2.75) is 31.7 Å². The zero-order valence-electron chi connectivity index (χ0n) is 10.4. The summed E-state index contributed by atoms with van der Waals surface area (Å²) in [6, 6.07) is 7.04. The zero-order valence-corrected chi connectivity index (χ0v) is 12.0. The molecule has 1 atom stereocenters. The predicted molar refractivity (Wildman–Crippen MR) is 78.6 cm³/mol. The number of hydrogen-bond donors (Lipinski definition) is 0. The largest absolute Gasteiger partial charge is 0.355 e. The lowest BCUT2D eigenvalue weighted by molar-refractivity contribution is 0.448. The fourth-order valence-corrected chi connectivity index (χ4v) is 3.42. The van der Waals surface area contributed by atoms with Crippen LogP contribution >= 0.6 is 15.9 Å². The quantitative estimate of drug-likeness (QED) is 0.809. The number of aromatic nitrogens is 2. The van der Waals surface area contributed by atoms with Gasteiger partial charge in [0.1, 0.15) is 11.5 Å². The van der Waals surface area contributed by atoms with Crippen molar-refractivity contribution in [1.82, 2.24) is 9.38 Å². The summed E-state index contributed by atoms with van der Waals surface area (Å²) in [5, 5.41) is 1.08. The minimum absolute atomic E-state index is 0.658. The van der Waals surface area contributed by atoms with E-state index in [1.807, 2.05) is 6.20 Å². The van der Waals surface area contributed by atoms with Gasteiger partial charge in [-0.15, -0.1) is 0 Å². The molecule has 96 valence electrons. The number of hydrogen-bond acceptors (Lipinski definition) is 2. The molecule has 1 aliphatic heterocycles. The summed E-state index contributed by atoms with van der Waals surface area (Å²) in [4.78, 5) is 6.93. The highest BCUT2D eigenvalue weighted by Gasteiger charge is 2.23. The second-order valence-electron chi connectivity index (χ2n) is 4.86. The Labute approximate surface area is 116 Å². The molecule has 1 unspecified atom stereocenters. The van der Waals surface area contributed by atoms with Crippen LogP contribution in [0.25, 0.3) is 5.65 Å². The molecule has 4 heteroatoms. The maximum Gasteiger partial charge on any atom is 0.138 e. The Morgan fingerprint density at radius 3 is 3.17 bits per heavy atom. The molecule has 0 aromatic carbocycles. The molecule has 1 fully saturated rings. The first-order valence-electron chi connectivity index (χ1n) is 6.65. The van der Waals surface area contributed by atoms with Crippen molar-refractivity contribution in [2.24, 2.45) is 0 Å². The third-order valence-electron chi connectivity index (χ3n) is 3.77. The van der Waals surface area contributed by atoms with E-state index in [0.29, 0.717) is 6.04 Å². The molecule has 3 nitrogen and oxygen atoms in total. The summed E-state index contributed by atoms with van der Waals surface area (Å²) in [7, 11) is 0. The molecule has 1 aliphatic rings. The average Bonchev–Trinajstić information content (AvgIpc) is 2.88. The molecule has 0 aliphatic carbocycles. The first kappa shape index (κ1) is 12.0. The molecule has 0 saturated carbocycles. The Kier molecular flexibility index (Phi) is 3.55. The summed E-state index contributed by atoms with van der Waals surface area (Å²) in [6.45, 7) is 1.16. The first-order chi connectivity index (χ1) is 8.90. The van der Waals surface area contributed by atoms with Crippen LogP contribution in [0.4, 0.5) is 5.82 Å². The van der Waals surface area contributed by atoms with E-state index in [2.05, 4.69) is 54.6 Å². The lowest BCUT2D eigenvalue weighted by Gasteiger charge is -2.37. The standard InChI is InChI=1S/C14H18BrN3/c15-8-7-12-4-1-2-10-17(12)14-6-3-5-13-16-9-11-18(13)14/h3,5-6,9,11-12H,1-2,4,7-8,10H2. The minimum Gasteiger partial charge on any atom is -0.355 e. The average molecular weight is 308 g/mol. The fourth-order valence-electron chi connectivity index (χ4n) is 2.89. The number of anilines is 1. The van der Waals surface area contributed by atoms with Crippen molar-refractivity contribution in [3.63, 3.8) is 0 Å². The van der Waals surface area contributed by atoms with Crippen LogP contribution in [0.1, 0.15) is 25.7 Å². The summed E-state index contributed by atoms with van der Waals surface area (Å²) < 4.78 is 2.20. The number of alkyl halides is 1. The highest BCUT2D eigenvalue weighted by atomic mass is 79.9. The molecule has 3 heterocycles. The van der Waals surface area contributed by atoms with Crippen LogP contribution in [0.3, 0.4) is 0 Å². The molecule has 1 saturated heterocycles. The van der Waals surface area contributed by atoms with E-state index in [1.165, 1.54) is 31.5 Å². The molecule has 0 radical (unpaired) electrons. The summed E-state index contributed by atoms with van der Waals surface area (Å²) in [5.41, 5.74) is 1.04. The first-order valence-corrected chi connectivity index (χ1v) is 7.77. The highest BCUT2D eigenvalue weighted by Crippen LogP contribution is 2.27. The van der Waals surface area contributed by atoms with E-state index in [4.69, 9.17) is 0 Å². The second-order valence-corrected chi connectivity index (χ2v) is 5.65. The van der Waals surface area contributed by atoms with E-state index >= 15 is 0 Å². The number of halogens is 1. The fraction of sp³-hybridized carbons (Fsp3) is 0.500. The molecular weight excluding hydrogens is 290 g/mol. The lowest BCUT2D eigenvalue weighted by atomic mass is 10.00. The van der Waals surface area contributed by atoms with Crippen molar-refractivity contribution in [2.75, 3.05) is 16.8 Å². The molecule has 2 aromatic heterocycles. The van der Waals surface area contributed by atoms with Crippen LogP contribution in [0, 0.1) is 0 Å². The van der Waals surface area contributed by atoms with E-state index in [0.717, 1.165) is 17.5 Å². The maximum absolute atomic E-state index is 4.37. The van der Waals surface area contributed by atoms with Gasteiger partial charge in [-0.2, -0.15) is 0 Å². The number of nitrogens with zero attached hydrogens (tertiary/aromatic N) is 3. The van der Waals surface area contributed by atoms with Gasteiger partial charge in [-0.25, -0.2) is 4.98 Å². The van der Waals surface area contributed by atoms with Gasteiger partial charge in [0.25, 0.3) is 0 Å². The van der Waals surface area contributed by atoms with Crippen molar-refractivity contribution in [3.05, 3.63) is 30.6 Å². The smallest absolute Gasteiger partial charge is 0.138 e. The molecule has 0 amide bonds. The Morgan fingerprint density at radius 1 is 1.33 bits per heavy atom. The molecular formula is C14H18BrN3. The van der Waals surface area contributed by atoms with Crippen LogP contribution in [-0.4, -0.2) is 27.3 Å². The number of imidazole rings is 1. The Hall–Kier alpha value is -1.03. The van der Waals surface area contributed by atoms with E-state index in [1.54, 1.807) is 0 Å². The van der Waals surface area contributed by atoms with Crippen molar-refractivity contribution in [3.8, 4) is 0 Å². The van der Waals surface area contributed by atoms with Gasteiger partial charge in [0.15, 0.2) is 0 Å². The van der Waals surface area contributed by atoms with Gasteiger partial charge < -0.3 is 4.90 Å². The van der Waals surface area contributed by atoms with E-state index < -0.39 is 0 Å². The predicted octanol–water partition coefficient (Wildman–Crippen LogP) is 3.48. The number of fused-ring (bicyclic) bond motifs is 1. The Balaban J connectivity index is 1.98. The molecule has 18 heavy (non-hydrogen) atoms. The van der Waals surface area contributed by atoms with Gasteiger partial charge in [0.05, 0.1) is 0 Å². The van der Waals surface area contributed by atoms with E-state index in [-0.39, 0.29) is 0 Å². The van der Waals surface area contributed by atoms with Gasteiger partial charge in [-0.3, -0.25) is 4.40 Å². The van der Waals surface area contributed by atoms with Crippen LogP contribution in [-0.2, 0) is 0 Å². The monoisotopic (exact) mass is 307 g/mol. The molecule has 3 rings (SSSR count). The van der Waals surface area contributed by atoms with Gasteiger partial charge in [0.2, 0.25) is 0 Å². The number of rotatable bonds is 3. The van der Waals surface area contributed by atoms with Crippen LogP contribution in [0.2, 0.25) is 0 Å². The lowest BCUT2D eigenvalue weighted by Crippen LogP contribution is -2.40. The molecule has 2 aromatic rings. The summed E-state index contributed by atoms with van der Waals surface area (Å²) >= 11 is 3.58. The topological polar surface area (TPSA) is 20.5 Å². The van der Waals surface area contributed by atoms with Crippen LogP contribution in [0.5, 0.6) is 0 Å². The van der Waals surface area contributed by atoms with Crippen molar-refractivity contribution in [1.29, 1.82) is 0 Å². The Morgan fingerprint density at radius 2 is 2.28 bits per heavy atom. The normalized spacial score (nSPS) is 20.5. The van der Waals surface area contributed by atoms with Gasteiger partial charge >= 0.3 is 0 Å². The van der Waals surface area contributed by atoms with Gasteiger partial charge in [0, 0.05) is 30.3 Å². The van der Waals surface area contributed by atoms with Crippen molar-refractivity contribution < 1.29 is 0 Å². The van der Waals surface area contributed by atoms with Crippen LogP contribution in [0.15, 0.2) is 30.6 Å². The molecule has 0 spiro atoms. The summed E-state index contributed by atoms with van der Waals surface area (Å²) in [5.74, 6) is 1.29. The highest BCUT2D eigenvalue weighted by molar-refractivity contribution is 9.09. The Bertz CT molecular complexity index is 520. The summed E-state index contributed by atoms with van der Waals surface area (Å²) in [6.07, 6.45) is 9.10. The third-order valence-corrected chi connectivity index (χ3v) is 4.23.